The molecule has 0 saturated heterocycles. The molecule has 0 bridgehead atoms. The van der Waals surface area contributed by atoms with E-state index < -0.39 is 0 Å². The van der Waals surface area contributed by atoms with Gasteiger partial charge < -0.3 is 10.1 Å². The Bertz CT molecular complexity index is 659. The minimum atomic E-state index is 0.245. The van der Waals surface area contributed by atoms with E-state index in [-0.39, 0.29) is 6.04 Å². The van der Waals surface area contributed by atoms with E-state index in [0.29, 0.717) is 0 Å². The van der Waals surface area contributed by atoms with E-state index in [0.717, 1.165) is 40.4 Å². The Morgan fingerprint density at radius 2 is 2.14 bits per heavy atom. The average Bonchev–Trinajstić information content (AvgIpc) is 2.94. The Balaban J connectivity index is 1.85. The van der Waals surface area contributed by atoms with Gasteiger partial charge >= 0.3 is 0 Å². The number of benzene rings is 2. The first-order valence-electron chi connectivity index (χ1n) is 7.14. The Labute approximate surface area is 138 Å². The first-order chi connectivity index (χ1) is 10.2. The number of nitrogens with one attached hydrogen (secondary N) is 1. The van der Waals surface area contributed by atoms with Crippen molar-refractivity contribution in [2.75, 3.05) is 11.9 Å². The predicted molar refractivity (Wildman–Crippen MR) is 91.4 cm³/mol. The zero-order chi connectivity index (χ0) is 14.8. The quantitative estimate of drug-likeness (QED) is 0.760. The van der Waals surface area contributed by atoms with E-state index in [1.807, 2.05) is 18.2 Å². The van der Waals surface area contributed by atoms with Crippen LogP contribution < -0.4 is 10.1 Å². The second-order valence-electron chi connectivity index (χ2n) is 5.19. The molecule has 2 aromatic carbocycles. The second kappa shape index (κ2) is 6.29. The van der Waals surface area contributed by atoms with Gasteiger partial charge in [0.2, 0.25) is 0 Å². The topological polar surface area (TPSA) is 21.3 Å². The van der Waals surface area contributed by atoms with Gasteiger partial charge in [0.05, 0.1) is 23.4 Å². The maximum absolute atomic E-state index is 6.30. The maximum Gasteiger partial charge on any atom is 0.122 e. The van der Waals surface area contributed by atoms with Crippen LogP contribution in [0, 0.1) is 0 Å². The number of anilines is 1. The van der Waals surface area contributed by atoms with E-state index in [9.17, 15) is 0 Å². The number of hydrogen-bond acceptors (Lipinski definition) is 2. The lowest BCUT2D eigenvalue weighted by Crippen LogP contribution is -2.10. The highest BCUT2D eigenvalue weighted by atomic mass is 79.9. The van der Waals surface area contributed by atoms with Crippen LogP contribution in [0.15, 0.2) is 40.9 Å². The molecule has 21 heavy (non-hydrogen) atoms. The molecule has 1 aliphatic heterocycles. The molecule has 1 heterocycles. The van der Waals surface area contributed by atoms with Crippen molar-refractivity contribution in [3.63, 3.8) is 0 Å². The van der Waals surface area contributed by atoms with Crippen LogP contribution in [0.4, 0.5) is 5.69 Å². The van der Waals surface area contributed by atoms with Crippen LogP contribution in [0.5, 0.6) is 5.75 Å². The minimum Gasteiger partial charge on any atom is -0.493 e. The third-order valence-electron chi connectivity index (χ3n) is 3.78. The Morgan fingerprint density at radius 1 is 1.29 bits per heavy atom. The highest BCUT2D eigenvalue weighted by molar-refractivity contribution is 9.10. The fourth-order valence-electron chi connectivity index (χ4n) is 2.64. The van der Waals surface area contributed by atoms with Crippen LogP contribution in [0.1, 0.15) is 30.5 Å². The molecule has 2 aromatic rings. The lowest BCUT2D eigenvalue weighted by molar-refractivity contribution is 0.357. The van der Waals surface area contributed by atoms with Gasteiger partial charge in [-0.15, -0.1) is 0 Å². The summed E-state index contributed by atoms with van der Waals surface area (Å²) in [5.41, 5.74) is 3.54. The fourth-order valence-corrected chi connectivity index (χ4v) is 3.37. The largest absolute Gasteiger partial charge is 0.493 e. The number of ether oxygens (including phenoxy) is 1. The van der Waals surface area contributed by atoms with Gasteiger partial charge in [0.1, 0.15) is 5.75 Å². The third-order valence-corrected chi connectivity index (χ3v) is 4.59. The molecule has 1 unspecified atom stereocenters. The average molecular weight is 367 g/mol. The van der Waals surface area contributed by atoms with Crippen molar-refractivity contribution in [2.45, 2.75) is 25.8 Å². The normalized spacial score (nSPS) is 14.4. The summed E-state index contributed by atoms with van der Waals surface area (Å²) in [5.74, 6) is 1.02. The molecule has 4 heteroatoms. The summed E-state index contributed by atoms with van der Waals surface area (Å²) in [6, 6.07) is 12.6. The van der Waals surface area contributed by atoms with Crippen molar-refractivity contribution in [3.05, 3.63) is 57.0 Å². The standard InChI is InChI=1S/C17H17BrClNO/c1-2-15(20-16-5-4-13(18)10-14(16)19)11-3-6-17-12(9-11)7-8-21-17/h3-6,9-10,15,20H,2,7-8H2,1H3. The summed E-state index contributed by atoms with van der Waals surface area (Å²) in [6.07, 6.45) is 1.99. The highest BCUT2D eigenvalue weighted by Crippen LogP contribution is 2.33. The van der Waals surface area contributed by atoms with Gasteiger partial charge in [-0.25, -0.2) is 0 Å². The molecule has 0 radical (unpaired) electrons. The van der Waals surface area contributed by atoms with Crippen LogP contribution in [0.3, 0.4) is 0 Å². The molecule has 1 atom stereocenters. The maximum atomic E-state index is 6.30. The zero-order valence-electron chi connectivity index (χ0n) is 11.8. The van der Waals surface area contributed by atoms with Gasteiger partial charge in [0.25, 0.3) is 0 Å². The van der Waals surface area contributed by atoms with Crippen molar-refractivity contribution in [2.24, 2.45) is 0 Å². The summed E-state index contributed by atoms with van der Waals surface area (Å²) < 4.78 is 6.56. The zero-order valence-corrected chi connectivity index (χ0v) is 14.2. The predicted octanol–water partition coefficient (Wildman–Crippen LogP) is 5.60. The molecule has 1 aliphatic rings. The lowest BCUT2D eigenvalue weighted by atomic mass is 10.0. The number of hydrogen-bond donors (Lipinski definition) is 1. The van der Waals surface area contributed by atoms with Gasteiger partial charge in [0.15, 0.2) is 0 Å². The molecule has 0 saturated carbocycles. The van der Waals surface area contributed by atoms with Crippen molar-refractivity contribution >= 4 is 33.2 Å². The molecular weight excluding hydrogens is 350 g/mol. The van der Waals surface area contributed by atoms with Crippen LogP contribution in [0.2, 0.25) is 5.02 Å². The van der Waals surface area contributed by atoms with E-state index >= 15 is 0 Å². The van der Waals surface area contributed by atoms with Gasteiger partial charge in [-0.1, -0.05) is 40.5 Å². The molecule has 0 spiro atoms. The van der Waals surface area contributed by atoms with Crippen molar-refractivity contribution in [1.82, 2.24) is 0 Å². The van der Waals surface area contributed by atoms with Crippen molar-refractivity contribution in [1.29, 1.82) is 0 Å². The molecule has 1 N–H and O–H groups in total. The summed E-state index contributed by atoms with van der Waals surface area (Å²) in [6.45, 7) is 2.97. The molecular formula is C17H17BrClNO. The summed E-state index contributed by atoms with van der Waals surface area (Å²) in [4.78, 5) is 0. The summed E-state index contributed by atoms with van der Waals surface area (Å²) in [5, 5.41) is 4.27. The number of rotatable bonds is 4. The highest BCUT2D eigenvalue weighted by Gasteiger charge is 2.16. The molecule has 0 aliphatic carbocycles. The monoisotopic (exact) mass is 365 g/mol. The molecule has 3 rings (SSSR count). The SMILES string of the molecule is CCC(Nc1ccc(Br)cc1Cl)c1ccc2c(c1)CCO2. The van der Waals surface area contributed by atoms with Crippen LogP contribution >= 0.6 is 27.5 Å². The molecule has 2 nitrogen and oxygen atoms in total. The lowest BCUT2D eigenvalue weighted by Gasteiger charge is -2.20. The fraction of sp³-hybridized carbons (Fsp3) is 0.294. The Hall–Kier alpha value is -1.19. The molecule has 0 aromatic heterocycles. The second-order valence-corrected chi connectivity index (χ2v) is 6.52. The number of fused-ring (bicyclic) bond motifs is 1. The van der Waals surface area contributed by atoms with Gasteiger partial charge in [0, 0.05) is 10.9 Å². The van der Waals surface area contributed by atoms with E-state index in [1.165, 1.54) is 11.1 Å². The van der Waals surface area contributed by atoms with Gasteiger partial charge in [-0.2, -0.15) is 0 Å². The minimum absolute atomic E-state index is 0.245. The smallest absolute Gasteiger partial charge is 0.122 e. The van der Waals surface area contributed by atoms with Crippen molar-refractivity contribution < 1.29 is 4.74 Å². The van der Waals surface area contributed by atoms with Crippen molar-refractivity contribution in [3.8, 4) is 5.75 Å². The van der Waals surface area contributed by atoms with E-state index in [4.69, 9.17) is 16.3 Å². The van der Waals surface area contributed by atoms with Crippen LogP contribution in [-0.4, -0.2) is 6.61 Å². The Kier molecular flexibility index (Phi) is 4.41. The Morgan fingerprint density at radius 3 is 2.90 bits per heavy atom. The third kappa shape index (κ3) is 3.19. The molecule has 0 amide bonds. The first kappa shape index (κ1) is 14.7. The summed E-state index contributed by atoms with van der Waals surface area (Å²) in [7, 11) is 0. The molecule has 110 valence electrons. The summed E-state index contributed by atoms with van der Waals surface area (Å²) >= 11 is 9.73. The van der Waals surface area contributed by atoms with Gasteiger partial charge in [-0.3, -0.25) is 0 Å². The van der Waals surface area contributed by atoms with Gasteiger partial charge in [-0.05, 0) is 47.9 Å². The number of halogens is 2. The van der Waals surface area contributed by atoms with E-state index in [1.54, 1.807) is 0 Å². The molecule has 0 fully saturated rings. The van der Waals surface area contributed by atoms with Crippen LogP contribution in [0.25, 0.3) is 0 Å². The first-order valence-corrected chi connectivity index (χ1v) is 8.31. The van der Waals surface area contributed by atoms with Crippen LogP contribution in [-0.2, 0) is 6.42 Å². The van der Waals surface area contributed by atoms with E-state index in [2.05, 4.69) is 46.4 Å².